The molecule has 2 nitrogen and oxygen atoms in total. The summed E-state index contributed by atoms with van der Waals surface area (Å²) in [6.07, 6.45) is 3.33. The van der Waals surface area contributed by atoms with Crippen LogP contribution in [0.1, 0.15) is 20.3 Å². The zero-order valence-corrected chi connectivity index (χ0v) is 9.04. The van der Waals surface area contributed by atoms with Crippen molar-refractivity contribution < 1.29 is 4.74 Å². The van der Waals surface area contributed by atoms with E-state index in [4.69, 9.17) is 4.74 Å². The predicted molar refractivity (Wildman–Crippen MR) is 54.8 cm³/mol. The van der Waals surface area contributed by atoms with Crippen molar-refractivity contribution in [3.05, 3.63) is 0 Å². The van der Waals surface area contributed by atoms with Crippen LogP contribution in [-0.2, 0) is 4.74 Å². The molecule has 1 rings (SSSR count). The summed E-state index contributed by atoms with van der Waals surface area (Å²) >= 11 is 1.91. The van der Waals surface area contributed by atoms with Crippen LogP contribution in [0.4, 0.5) is 0 Å². The van der Waals surface area contributed by atoms with Crippen molar-refractivity contribution in [2.75, 3.05) is 26.0 Å². The Bertz CT molecular complexity index is 132. The number of hydrogen-bond acceptors (Lipinski definition) is 3. The molecule has 3 heteroatoms. The molecule has 0 bridgehead atoms. The summed E-state index contributed by atoms with van der Waals surface area (Å²) in [6.45, 7) is 7.42. The minimum atomic E-state index is 0.350. The van der Waals surface area contributed by atoms with Gasteiger partial charge in [-0.3, -0.25) is 0 Å². The van der Waals surface area contributed by atoms with Gasteiger partial charge in [0, 0.05) is 23.9 Å². The molecule has 12 heavy (non-hydrogen) atoms. The van der Waals surface area contributed by atoms with Crippen LogP contribution < -0.4 is 5.32 Å². The highest BCUT2D eigenvalue weighted by atomic mass is 32.2. The lowest BCUT2D eigenvalue weighted by atomic mass is 10.2. The van der Waals surface area contributed by atoms with Gasteiger partial charge in [-0.1, -0.05) is 0 Å². The number of ether oxygens (including phenoxy) is 1. The highest BCUT2D eigenvalue weighted by Gasteiger charge is 2.20. The van der Waals surface area contributed by atoms with Crippen molar-refractivity contribution >= 4 is 11.8 Å². The maximum absolute atomic E-state index is 5.29. The van der Waals surface area contributed by atoms with Crippen molar-refractivity contribution in [2.24, 2.45) is 0 Å². The first-order chi connectivity index (χ1) is 5.64. The molecular weight excluding hydrogens is 170 g/mol. The molecule has 0 spiro atoms. The van der Waals surface area contributed by atoms with E-state index in [1.165, 1.54) is 6.42 Å². The molecular formula is C9H19NOS. The van der Waals surface area contributed by atoms with E-state index in [1.807, 2.05) is 11.8 Å². The molecule has 1 N–H and O–H groups in total. The van der Waals surface area contributed by atoms with Gasteiger partial charge in [0.2, 0.25) is 0 Å². The molecule has 0 radical (unpaired) electrons. The van der Waals surface area contributed by atoms with Crippen molar-refractivity contribution in [3.63, 3.8) is 0 Å². The van der Waals surface area contributed by atoms with Crippen LogP contribution in [0.3, 0.4) is 0 Å². The smallest absolute Gasteiger partial charge is 0.0620 e. The Kier molecular flexibility index (Phi) is 3.87. The molecule has 1 aliphatic rings. The second-order valence-electron chi connectivity index (χ2n) is 3.91. The third kappa shape index (κ3) is 3.33. The highest BCUT2D eigenvalue weighted by Crippen LogP contribution is 2.20. The quantitative estimate of drug-likeness (QED) is 0.724. The SMILES string of the molecule is CSC(C)(C)CNC1CCOC1. The van der Waals surface area contributed by atoms with Crippen LogP contribution in [-0.4, -0.2) is 36.8 Å². The molecule has 1 atom stereocenters. The first kappa shape index (κ1) is 10.4. The Morgan fingerprint density at radius 3 is 2.83 bits per heavy atom. The van der Waals surface area contributed by atoms with Crippen LogP contribution in [0.25, 0.3) is 0 Å². The van der Waals surface area contributed by atoms with E-state index >= 15 is 0 Å². The molecule has 1 heterocycles. The molecule has 0 amide bonds. The molecule has 0 aromatic rings. The van der Waals surface area contributed by atoms with Gasteiger partial charge < -0.3 is 10.1 Å². The summed E-state index contributed by atoms with van der Waals surface area (Å²) in [4.78, 5) is 0. The lowest BCUT2D eigenvalue weighted by molar-refractivity contribution is 0.189. The summed E-state index contributed by atoms with van der Waals surface area (Å²) < 4.78 is 5.64. The molecule has 0 aliphatic carbocycles. The van der Waals surface area contributed by atoms with Gasteiger partial charge in [-0.25, -0.2) is 0 Å². The summed E-state index contributed by atoms with van der Waals surface area (Å²) in [5.41, 5.74) is 0. The van der Waals surface area contributed by atoms with Crippen molar-refractivity contribution in [1.29, 1.82) is 0 Å². The second kappa shape index (κ2) is 4.49. The monoisotopic (exact) mass is 189 g/mol. The Hall–Kier alpha value is 0.270. The Morgan fingerprint density at radius 1 is 1.58 bits per heavy atom. The van der Waals surface area contributed by atoms with E-state index in [0.717, 1.165) is 19.8 Å². The molecule has 1 fully saturated rings. The third-order valence-corrected chi connectivity index (χ3v) is 3.55. The molecule has 0 saturated carbocycles. The lowest BCUT2D eigenvalue weighted by Crippen LogP contribution is -2.39. The lowest BCUT2D eigenvalue weighted by Gasteiger charge is -2.24. The van der Waals surface area contributed by atoms with E-state index in [-0.39, 0.29) is 0 Å². The zero-order valence-electron chi connectivity index (χ0n) is 8.22. The van der Waals surface area contributed by atoms with Gasteiger partial charge in [0.15, 0.2) is 0 Å². The van der Waals surface area contributed by atoms with Crippen molar-refractivity contribution in [3.8, 4) is 0 Å². The third-order valence-electron chi connectivity index (χ3n) is 2.30. The number of hydrogen-bond donors (Lipinski definition) is 1. The van der Waals surface area contributed by atoms with Crippen LogP contribution in [0.15, 0.2) is 0 Å². The predicted octanol–water partition coefficient (Wildman–Crippen LogP) is 1.51. The fourth-order valence-electron chi connectivity index (χ4n) is 1.16. The van der Waals surface area contributed by atoms with Crippen molar-refractivity contribution in [1.82, 2.24) is 5.32 Å². The van der Waals surface area contributed by atoms with Gasteiger partial charge >= 0.3 is 0 Å². The standard InChI is InChI=1S/C9H19NOS/c1-9(2,12-3)7-10-8-4-5-11-6-8/h8,10H,4-7H2,1-3H3. The van der Waals surface area contributed by atoms with E-state index in [0.29, 0.717) is 10.8 Å². The van der Waals surface area contributed by atoms with Gasteiger partial charge in [-0.2, -0.15) is 11.8 Å². The first-order valence-electron chi connectivity index (χ1n) is 4.50. The molecule has 0 aromatic carbocycles. The minimum absolute atomic E-state index is 0.350. The summed E-state index contributed by atoms with van der Waals surface area (Å²) in [5.74, 6) is 0. The highest BCUT2D eigenvalue weighted by molar-refractivity contribution is 7.99. The van der Waals surface area contributed by atoms with E-state index < -0.39 is 0 Å². The van der Waals surface area contributed by atoms with Crippen LogP contribution in [0, 0.1) is 0 Å². The van der Waals surface area contributed by atoms with E-state index in [2.05, 4.69) is 25.4 Å². The van der Waals surface area contributed by atoms with Gasteiger partial charge in [-0.05, 0) is 26.5 Å². The van der Waals surface area contributed by atoms with Crippen LogP contribution >= 0.6 is 11.8 Å². The van der Waals surface area contributed by atoms with E-state index in [1.54, 1.807) is 0 Å². The fourth-order valence-corrected chi connectivity index (χ4v) is 1.39. The molecule has 1 saturated heterocycles. The summed E-state index contributed by atoms with van der Waals surface area (Å²) in [7, 11) is 0. The molecule has 1 unspecified atom stereocenters. The Balaban J connectivity index is 2.15. The molecule has 1 aliphatic heterocycles. The summed E-state index contributed by atoms with van der Waals surface area (Å²) in [6, 6.07) is 0.594. The topological polar surface area (TPSA) is 21.3 Å². The van der Waals surface area contributed by atoms with Crippen LogP contribution in [0.2, 0.25) is 0 Å². The maximum atomic E-state index is 5.29. The summed E-state index contributed by atoms with van der Waals surface area (Å²) in [5, 5.41) is 3.53. The molecule has 0 aromatic heterocycles. The Morgan fingerprint density at radius 2 is 2.33 bits per heavy atom. The average molecular weight is 189 g/mol. The first-order valence-corrected chi connectivity index (χ1v) is 5.73. The van der Waals surface area contributed by atoms with Crippen LogP contribution in [0.5, 0.6) is 0 Å². The number of thioether (sulfide) groups is 1. The second-order valence-corrected chi connectivity index (χ2v) is 5.42. The number of nitrogens with one attached hydrogen (secondary N) is 1. The largest absolute Gasteiger partial charge is 0.380 e. The van der Waals surface area contributed by atoms with E-state index in [9.17, 15) is 0 Å². The van der Waals surface area contributed by atoms with Crippen molar-refractivity contribution in [2.45, 2.75) is 31.1 Å². The Labute approximate surface area is 79.4 Å². The minimum Gasteiger partial charge on any atom is -0.380 e. The number of rotatable bonds is 4. The van der Waals surface area contributed by atoms with Gasteiger partial charge in [-0.15, -0.1) is 0 Å². The van der Waals surface area contributed by atoms with Gasteiger partial charge in [0.1, 0.15) is 0 Å². The fraction of sp³-hybridized carbons (Fsp3) is 1.00. The zero-order chi connectivity index (χ0) is 9.03. The normalized spacial score (nSPS) is 24.8. The van der Waals surface area contributed by atoms with Gasteiger partial charge in [0.25, 0.3) is 0 Å². The average Bonchev–Trinajstić information content (AvgIpc) is 2.53. The maximum Gasteiger partial charge on any atom is 0.0620 e. The molecule has 72 valence electrons. The van der Waals surface area contributed by atoms with Gasteiger partial charge in [0.05, 0.1) is 6.61 Å².